The third-order valence-electron chi connectivity index (χ3n) is 6.75. The molecule has 3 heterocycles. The Hall–Kier alpha value is -2.34. The minimum atomic E-state index is -0.550. The summed E-state index contributed by atoms with van der Waals surface area (Å²) < 4.78 is 27.2. The molecule has 4 rings (SSSR count). The van der Waals surface area contributed by atoms with Crippen molar-refractivity contribution in [3.05, 3.63) is 64.5 Å². The first-order valence-corrected chi connectivity index (χ1v) is 11.3. The molecule has 31 heavy (non-hydrogen) atoms. The Morgan fingerprint density at radius 1 is 1.03 bits per heavy atom. The van der Waals surface area contributed by atoms with Crippen LogP contribution in [0.3, 0.4) is 0 Å². The number of hydrogen-bond acceptors (Lipinski definition) is 3. The smallest absolute Gasteiger partial charge is 0.255 e. The van der Waals surface area contributed by atoms with Gasteiger partial charge < -0.3 is 4.90 Å². The van der Waals surface area contributed by atoms with Crippen molar-refractivity contribution in [1.29, 1.82) is 0 Å². The van der Waals surface area contributed by atoms with Crippen LogP contribution in [0.5, 0.6) is 0 Å². The van der Waals surface area contributed by atoms with Gasteiger partial charge in [-0.25, -0.2) is 8.78 Å². The lowest BCUT2D eigenvalue weighted by Crippen LogP contribution is -2.39. The van der Waals surface area contributed by atoms with Crippen molar-refractivity contribution >= 4 is 5.91 Å². The number of aromatic nitrogens is 1. The SMILES string of the molecule is Cc1ccc(C(=O)N2CCC(C)CC2)c(C2CCN(Cc3ccc(F)cc3F)CC2)n1. The number of carbonyl (C=O) groups excluding carboxylic acids is 1. The molecule has 0 unspecified atom stereocenters. The number of carbonyl (C=O) groups is 1. The number of pyridine rings is 1. The monoisotopic (exact) mass is 427 g/mol. The topological polar surface area (TPSA) is 36.4 Å². The molecule has 0 aliphatic carbocycles. The lowest BCUT2D eigenvalue weighted by molar-refractivity contribution is 0.0694. The molecule has 1 amide bonds. The van der Waals surface area contributed by atoms with Gasteiger partial charge in [0.25, 0.3) is 5.91 Å². The molecule has 2 aliphatic rings. The van der Waals surface area contributed by atoms with Crippen LogP contribution in [0.25, 0.3) is 0 Å². The van der Waals surface area contributed by atoms with Crippen molar-refractivity contribution in [3.8, 4) is 0 Å². The molecule has 0 N–H and O–H groups in total. The number of halogens is 2. The number of likely N-dealkylation sites (tertiary alicyclic amines) is 2. The van der Waals surface area contributed by atoms with Gasteiger partial charge in [0.1, 0.15) is 11.6 Å². The zero-order chi connectivity index (χ0) is 22.0. The Morgan fingerprint density at radius 3 is 2.42 bits per heavy atom. The largest absolute Gasteiger partial charge is 0.339 e. The number of rotatable bonds is 4. The molecule has 1 aromatic heterocycles. The third-order valence-corrected chi connectivity index (χ3v) is 6.75. The van der Waals surface area contributed by atoms with Crippen LogP contribution < -0.4 is 0 Å². The van der Waals surface area contributed by atoms with Gasteiger partial charge in [0.05, 0.1) is 11.3 Å². The van der Waals surface area contributed by atoms with E-state index in [1.54, 1.807) is 0 Å². The van der Waals surface area contributed by atoms with Crippen LogP contribution in [0.1, 0.15) is 65.8 Å². The molecule has 0 spiro atoms. The van der Waals surface area contributed by atoms with E-state index in [0.717, 1.165) is 74.9 Å². The Bertz CT molecular complexity index is 932. The predicted octanol–water partition coefficient (Wildman–Crippen LogP) is 4.92. The van der Waals surface area contributed by atoms with Crippen molar-refractivity contribution in [2.24, 2.45) is 5.92 Å². The Kier molecular flexibility index (Phi) is 6.65. The van der Waals surface area contributed by atoms with E-state index in [4.69, 9.17) is 4.98 Å². The molecular weight excluding hydrogens is 396 g/mol. The molecule has 166 valence electrons. The summed E-state index contributed by atoms with van der Waals surface area (Å²) in [6.45, 7) is 7.90. The molecule has 6 heteroatoms. The van der Waals surface area contributed by atoms with Crippen LogP contribution in [-0.2, 0) is 6.54 Å². The highest BCUT2D eigenvalue weighted by atomic mass is 19.1. The van der Waals surface area contributed by atoms with Crippen LogP contribution in [0, 0.1) is 24.5 Å². The van der Waals surface area contributed by atoms with Gasteiger partial charge in [-0.05, 0) is 69.8 Å². The van der Waals surface area contributed by atoms with Gasteiger partial charge in [0, 0.05) is 42.9 Å². The lowest BCUT2D eigenvalue weighted by atomic mass is 9.89. The fraction of sp³-hybridized carbons (Fsp3) is 0.520. The Labute approximate surface area is 183 Å². The highest BCUT2D eigenvalue weighted by Gasteiger charge is 2.29. The second kappa shape index (κ2) is 9.43. The zero-order valence-electron chi connectivity index (χ0n) is 18.4. The first kappa shape index (κ1) is 21.9. The van der Waals surface area contributed by atoms with E-state index in [1.807, 2.05) is 24.0 Å². The van der Waals surface area contributed by atoms with Gasteiger partial charge in [-0.2, -0.15) is 0 Å². The Morgan fingerprint density at radius 2 is 1.74 bits per heavy atom. The van der Waals surface area contributed by atoms with E-state index >= 15 is 0 Å². The van der Waals surface area contributed by atoms with Crippen LogP contribution in [0.2, 0.25) is 0 Å². The molecule has 0 atom stereocenters. The molecular formula is C25H31F2N3O. The van der Waals surface area contributed by atoms with Gasteiger partial charge >= 0.3 is 0 Å². The highest BCUT2D eigenvalue weighted by molar-refractivity contribution is 5.95. The highest BCUT2D eigenvalue weighted by Crippen LogP contribution is 2.31. The summed E-state index contributed by atoms with van der Waals surface area (Å²) in [6, 6.07) is 7.64. The number of aryl methyl sites for hydroxylation is 1. The fourth-order valence-corrected chi connectivity index (χ4v) is 4.71. The van der Waals surface area contributed by atoms with Crippen molar-refractivity contribution in [2.45, 2.75) is 52.0 Å². The molecule has 4 nitrogen and oxygen atoms in total. The average molecular weight is 428 g/mol. The fourth-order valence-electron chi connectivity index (χ4n) is 4.71. The van der Waals surface area contributed by atoms with Crippen molar-refractivity contribution in [3.63, 3.8) is 0 Å². The van der Waals surface area contributed by atoms with E-state index in [-0.39, 0.29) is 11.8 Å². The van der Waals surface area contributed by atoms with Gasteiger partial charge in [0.2, 0.25) is 0 Å². The Balaban J connectivity index is 1.44. The summed E-state index contributed by atoms with van der Waals surface area (Å²) in [5.74, 6) is -0.0472. The molecule has 0 radical (unpaired) electrons. The molecule has 2 saturated heterocycles. The van der Waals surface area contributed by atoms with Gasteiger partial charge in [-0.3, -0.25) is 14.7 Å². The van der Waals surface area contributed by atoms with E-state index in [1.165, 1.54) is 12.1 Å². The molecule has 0 saturated carbocycles. The predicted molar refractivity (Wildman–Crippen MR) is 117 cm³/mol. The maximum absolute atomic E-state index is 14.0. The van der Waals surface area contributed by atoms with Crippen LogP contribution in [0.4, 0.5) is 8.78 Å². The first-order chi connectivity index (χ1) is 14.9. The van der Waals surface area contributed by atoms with E-state index < -0.39 is 11.6 Å². The summed E-state index contributed by atoms with van der Waals surface area (Å²) in [7, 11) is 0. The lowest BCUT2D eigenvalue weighted by Gasteiger charge is -2.34. The maximum Gasteiger partial charge on any atom is 0.255 e. The van der Waals surface area contributed by atoms with Crippen molar-refractivity contribution in [1.82, 2.24) is 14.8 Å². The second-order valence-electron chi connectivity index (χ2n) is 9.15. The first-order valence-electron chi connectivity index (χ1n) is 11.3. The summed E-state index contributed by atoms with van der Waals surface area (Å²) >= 11 is 0. The molecule has 1 aromatic carbocycles. The standard InChI is InChI=1S/C25H31F2N3O/c1-17-7-13-30(14-8-17)25(31)22-6-3-18(2)28-24(22)19-9-11-29(12-10-19)16-20-4-5-21(26)15-23(20)27/h3-6,15,17,19H,7-14,16H2,1-2H3. The van der Waals surface area contributed by atoms with E-state index in [2.05, 4.69) is 11.8 Å². The van der Waals surface area contributed by atoms with Crippen molar-refractivity contribution in [2.75, 3.05) is 26.2 Å². The van der Waals surface area contributed by atoms with Gasteiger partial charge in [-0.1, -0.05) is 13.0 Å². The second-order valence-corrected chi connectivity index (χ2v) is 9.15. The molecule has 2 fully saturated rings. The number of nitrogens with zero attached hydrogens (tertiary/aromatic N) is 3. The molecule has 2 aromatic rings. The normalized spacial score (nSPS) is 19.0. The summed E-state index contributed by atoms with van der Waals surface area (Å²) in [6.07, 6.45) is 3.85. The quantitative estimate of drug-likeness (QED) is 0.695. The average Bonchev–Trinajstić information content (AvgIpc) is 2.76. The van der Waals surface area contributed by atoms with Gasteiger partial charge in [0.15, 0.2) is 0 Å². The van der Waals surface area contributed by atoms with E-state index in [9.17, 15) is 13.6 Å². The number of hydrogen-bond donors (Lipinski definition) is 0. The summed E-state index contributed by atoms with van der Waals surface area (Å²) in [4.78, 5) is 22.2. The molecule has 0 bridgehead atoms. The van der Waals surface area contributed by atoms with E-state index in [0.29, 0.717) is 18.0 Å². The minimum Gasteiger partial charge on any atom is -0.339 e. The maximum atomic E-state index is 14.0. The summed E-state index contributed by atoms with van der Waals surface area (Å²) in [5.41, 5.74) is 3.10. The zero-order valence-corrected chi connectivity index (χ0v) is 18.4. The van der Waals surface area contributed by atoms with Crippen LogP contribution in [-0.4, -0.2) is 46.9 Å². The van der Waals surface area contributed by atoms with Crippen LogP contribution in [0.15, 0.2) is 30.3 Å². The number of amides is 1. The number of piperidine rings is 2. The van der Waals surface area contributed by atoms with Crippen LogP contribution >= 0.6 is 0 Å². The minimum absolute atomic E-state index is 0.102. The third kappa shape index (κ3) is 5.12. The van der Waals surface area contributed by atoms with Gasteiger partial charge in [-0.15, -0.1) is 0 Å². The number of benzene rings is 1. The van der Waals surface area contributed by atoms with Crippen molar-refractivity contribution < 1.29 is 13.6 Å². The summed E-state index contributed by atoms with van der Waals surface area (Å²) in [5, 5.41) is 0. The molecule has 2 aliphatic heterocycles.